The highest BCUT2D eigenvalue weighted by Crippen LogP contribution is 2.55. The third-order valence-corrected chi connectivity index (χ3v) is 8.25. The summed E-state index contributed by atoms with van der Waals surface area (Å²) in [5.74, 6) is 0.321. The summed E-state index contributed by atoms with van der Waals surface area (Å²) in [6.07, 6.45) is 7.27. The lowest BCUT2D eigenvalue weighted by molar-refractivity contribution is 0.00804. The van der Waals surface area contributed by atoms with E-state index in [2.05, 4.69) is 13.0 Å². The summed E-state index contributed by atoms with van der Waals surface area (Å²) in [5, 5.41) is 9.25. The molecule has 138 valence electrons. The van der Waals surface area contributed by atoms with Crippen LogP contribution < -0.4 is 0 Å². The van der Waals surface area contributed by atoms with Crippen LogP contribution in [0.15, 0.2) is 22.9 Å². The average Bonchev–Trinajstić information content (AvgIpc) is 2.81. The maximum Gasteiger partial charge on any atom is 0.211 e. The number of aliphatic hydroxyl groups is 1. The fourth-order valence-corrected chi connectivity index (χ4v) is 5.22. The summed E-state index contributed by atoms with van der Waals surface area (Å²) in [6, 6.07) is 0. The van der Waals surface area contributed by atoms with Crippen LogP contribution in [-0.2, 0) is 9.84 Å². The van der Waals surface area contributed by atoms with E-state index in [9.17, 15) is 17.9 Å². The molecule has 0 bridgehead atoms. The van der Waals surface area contributed by atoms with Crippen molar-refractivity contribution in [3.8, 4) is 0 Å². The lowest BCUT2D eigenvalue weighted by Gasteiger charge is -2.43. The highest BCUT2D eigenvalue weighted by molar-refractivity contribution is 7.96. The second kappa shape index (κ2) is 6.56. The molecule has 1 N–H and O–H groups in total. The minimum atomic E-state index is -3.91. The molecule has 2 rings (SSSR count). The topological polar surface area (TPSA) is 54.4 Å². The summed E-state index contributed by atoms with van der Waals surface area (Å²) in [7, 11) is -3.91. The van der Waals surface area contributed by atoms with Gasteiger partial charge in [-0.2, -0.15) is 4.39 Å². The first-order chi connectivity index (χ1) is 10.9. The molecule has 1 saturated carbocycles. The predicted molar refractivity (Wildman–Crippen MR) is 95.8 cm³/mol. The highest BCUT2D eigenvalue weighted by atomic mass is 32.2. The minimum Gasteiger partial charge on any atom is -0.393 e. The molecule has 5 heteroatoms. The molecule has 0 heterocycles. The van der Waals surface area contributed by atoms with Crippen LogP contribution in [0.2, 0.25) is 0 Å². The van der Waals surface area contributed by atoms with Crippen molar-refractivity contribution >= 4 is 9.84 Å². The third kappa shape index (κ3) is 3.34. The Bertz CT molecular complexity index is 642. The first kappa shape index (κ1) is 19.6. The van der Waals surface area contributed by atoms with Crippen molar-refractivity contribution < 1.29 is 17.9 Å². The van der Waals surface area contributed by atoms with Crippen molar-refractivity contribution in [2.24, 2.45) is 17.3 Å². The summed E-state index contributed by atoms with van der Waals surface area (Å²) in [4.78, 5) is 0. The van der Waals surface area contributed by atoms with Crippen LogP contribution in [0, 0.1) is 17.3 Å². The van der Waals surface area contributed by atoms with E-state index >= 15 is 0 Å². The van der Waals surface area contributed by atoms with E-state index < -0.39 is 19.7 Å². The number of allylic oxidation sites excluding steroid dienone is 3. The molecule has 0 aliphatic heterocycles. The lowest BCUT2D eigenvalue weighted by atomic mass is 9.63. The molecule has 0 aromatic heterocycles. The number of rotatable bonds is 4. The molecule has 0 radical (unpaired) electrons. The monoisotopic (exact) mass is 358 g/mol. The van der Waals surface area contributed by atoms with E-state index in [0.717, 1.165) is 25.7 Å². The molecule has 0 unspecified atom stereocenters. The average molecular weight is 359 g/mol. The number of hydrogen-bond acceptors (Lipinski definition) is 3. The summed E-state index contributed by atoms with van der Waals surface area (Å²) >= 11 is 0. The smallest absolute Gasteiger partial charge is 0.211 e. The van der Waals surface area contributed by atoms with Gasteiger partial charge in [0.2, 0.25) is 15.0 Å². The van der Waals surface area contributed by atoms with Gasteiger partial charge in [-0.05, 0) is 76.2 Å². The maximum absolute atomic E-state index is 14.2. The predicted octanol–water partition coefficient (Wildman–Crippen LogP) is 4.53. The van der Waals surface area contributed by atoms with E-state index in [1.807, 2.05) is 6.92 Å². The summed E-state index contributed by atoms with van der Waals surface area (Å²) in [6.45, 7) is 8.74. The standard InChI is InChI=1S/C19H31FO3S/c1-13(8-11-17(20)24(22,23)18(2,3)4)14-9-10-15-16(21)7-6-12-19(14,15)5/h9,11,13,15-16,21H,6-8,10,12H2,1-5H3/t13-,15+,16+,19-/m1/s1. The second-order valence-electron chi connectivity index (χ2n) is 8.64. The fourth-order valence-electron chi connectivity index (χ4n) is 4.32. The molecule has 1 fully saturated rings. The molecule has 0 aromatic carbocycles. The van der Waals surface area contributed by atoms with Crippen LogP contribution >= 0.6 is 0 Å². The normalized spacial score (nSPS) is 33.1. The van der Waals surface area contributed by atoms with Crippen molar-refractivity contribution in [2.45, 2.75) is 77.6 Å². The van der Waals surface area contributed by atoms with Gasteiger partial charge in [0.15, 0.2) is 0 Å². The Labute approximate surface area is 146 Å². The van der Waals surface area contributed by atoms with Crippen LogP contribution in [0.1, 0.15) is 66.7 Å². The van der Waals surface area contributed by atoms with Crippen molar-refractivity contribution in [1.82, 2.24) is 0 Å². The van der Waals surface area contributed by atoms with E-state index in [4.69, 9.17) is 0 Å². The van der Waals surface area contributed by atoms with Gasteiger partial charge < -0.3 is 5.11 Å². The third-order valence-electron chi connectivity index (χ3n) is 5.96. The molecule has 4 atom stereocenters. The number of hydrogen-bond donors (Lipinski definition) is 1. The van der Waals surface area contributed by atoms with Crippen LogP contribution in [0.5, 0.6) is 0 Å². The first-order valence-corrected chi connectivity index (χ1v) is 10.4. The Morgan fingerprint density at radius 3 is 2.71 bits per heavy atom. The molecule has 0 aromatic rings. The fraction of sp³-hybridized carbons (Fsp3) is 0.789. The number of halogens is 1. The van der Waals surface area contributed by atoms with Crippen molar-refractivity contribution in [2.75, 3.05) is 0 Å². The molecular formula is C19H31FO3S. The van der Waals surface area contributed by atoms with Crippen LogP contribution in [0.3, 0.4) is 0 Å². The molecule has 2 aliphatic rings. The van der Waals surface area contributed by atoms with E-state index in [1.165, 1.54) is 32.4 Å². The Morgan fingerprint density at radius 2 is 2.12 bits per heavy atom. The van der Waals surface area contributed by atoms with E-state index in [0.29, 0.717) is 6.42 Å². The van der Waals surface area contributed by atoms with Gasteiger partial charge in [-0.3, -0.25) is 0 Å². The van der Waals surface area contributed by atoms with Crippen LogP contribution in [0.4, 0.5) is 4.39 Å². The van der Waals surface area contributed by atoms with Crippen molar-refractivity contribution in [1.29, 1.82) is 0 Å². The molecule has 2 aliphatic carbocycles. The van der Waals surface area contributed by atoms with E-state index in [1.54, 1.807) is 0 Å². The largest absolute Gasteiger partial charge is 0.393 e. The zero-order valence-corrected chi connectivity index (χ0v) is 16.3. The van der Waals surface area contributed by atoms with Crippen LogP contribution in [0.25, 0.3) is 0 Å². The molecular weight excluding hydrogens is 327 g/mol. The first-order valence-electron chi connectivity index (χ1n) is 8.90. The summed E-state index contributed by atoms with van der Waals surface area (Å²) in [5.41, 5.74) is 1.22. The number of sulfone groups is 1. The Morgan fingerprint density at radius 1 is 1.50 bits per heavy atom. The summed E-state index contributed by atoms with van der Waals surface area (Å²) < 4.78 is 37.4. The zero-order valence-electron chi connectivity index (χ0n) is 15.5. The van der Waals surface area contributed by atoms with Crippen molar-refractivity contribution in [3.05, 3.63) is 22.9 Å². The van der Waals surface area contributed by atoms with E-state index in [-0.39, 0.29) is 23.4 Å². The van der Waals surface area contributed by atoms with Gasteiger partial charge in [0.05, 0.1) is 10.9 Å². The Kier molecular flexibility index (Phi) is 5.37. The molecule has 24 heavy (non-hydrogen) atoms. The zero-order chi connectivity index (χ0) is 18.3. The van der Waals surface area contributed by atoms with Gasteiger partial charge in [-0.15, -0.1) is 0 Å². The highest BCUT2D eigenvalue weighted by Gasteiger charge is 2.47. The lowest BCUT2D eigenvalue weighted by Crippen LogP contribution is -2.39. The maximum atomic E-state index is 14.2. The Hall–Kier alpha value is -0.680. The van der Waals surface area contributed by atoms with Gasteiger partial charge in [-0.25, -0.2) is 8.42 Å². The van der Waals surface area contributed by atoms with Gasteiger partial charge in [0.25, 0.3) is 0 Å². The van der Waals surface area contributed by atoms with Crippen molar-refractivity contribution in [3.63, 3.8) is 0 Å². The van der Waals surface area contributed by atoms with Crippen LogP contribution in [-0.4, -0.2) is 24.4 Å². The SMILES string of the molecule is C[C@H](CC=C(F)S(=O)(=O)C(C)(C)C)C1=CC[C@H]2[C@@H](O)CCC[C@]12C. The molecule has 0 spiro atoms. The molecule has 0 amide bonds. The second-order valence-corrected chi connectivity index (χ2v) is 11.3. The van der Waals surface area contributed by atoms with Gasteiger partial charge in [-0.1, -0.05) is 25.5 Å². The van der Waals surface area contributed by atoms with Gasteiger partial charge in [0, 0.05) is 0 Å². The molecule has 3 nitrogen and oxygen atoms in total. The Balaban J connectivity index is 2.14. The number of aliphatic hydroxyl groups excluding tert-OH is 1. The van der Waals surface area contributed by atoms with Gasteiger partial charge >= 0.3 is 0 Å². The number of fused-ring (bicyclic) bond motifs is 1. The quantitative estimate of drug-likeness (QED) is 0.751. The minimum absolute atomic E-state index is 0.0374. The molecule has 0 saturated heterocycles. The van der Waals surface area contributed by atoms with Gasteiger partial charge in [0.1, 0.15) is 0 Å².